The maximum absolute atomic E-state index is 10.4. The van der Waals surface area contributed by atoms with E-state index in [1.165, 1.54) is 24.7 Å². The summed E-state index contributed by atoms with van der Waals surface area (Å²) in [5, 5.41) is 2.93. The number of carbonyl (C=O) groups excluding carboxylic acids is 1. The lowest BCUT2D eigenvalue weighted by Gasteiger charge is -2.23. The molecule has 0 amide bonds. The van der Waals surface area contributed by atoms with Crippen LogP contribution in [0.1, 0.15) is 48.5 Å². The van der Waals surface area contributed by atoms with Gasteiger partial charge in [-0.05, 0) is 45.1 Å². The first-order chi connectivity index (χ1) is 9.64. The first-order valence-electron chi connectivity index (χ1n) is 7.43. The van der Waals surface area contributed by atoms with E-state index >= 15 is 0 Å². The van der Waals surface area contributed by atoms with Gasteiger partial charge in [0.05, 0.1) is 11.2 Å². The van der Waals surface area contributed by atoms with E-state index in [4.69, 9.17) is 0 Å². The Kier molecular flexibility index (Phi) is 14.6. The highest BCUT2D eigenvalue weighted by Gasteiger charge is 2.17. The molecule has 126 valence electrons. The van der Waals surface area contributed by atoms with Crippen LogP contribution in [0.3, 0.4) is 0 Å². The summed E-state index contributed by atoms with van der Waals surface area (Å²) >= 11 is 4.11. The van der Waals surface area contributed by atoms with Crippen molar-refractivity contribution >= 4 is 29.5 Å². The monoisotopic (exact) mass is 335 g/mol. The highest BCUT2D eigenvalue weighted by molar-refractivity contribution is 8.18. The van der Waals surface area contributed by atoms with Gasteiger partial charge in [-0.2, -0.15) is 0 Å². The summed E-state index contributed by atoms with van der Waals surface area (Å²) in [6, 6.07) is 0.348. The van der Waals surface area contributed by atoms with E-state index in [-0.39, 0.29) is 5.97 Å². The number of hydrogen-bond acceptors (Lipinski definition) is 5. The molecule has 1 N–H and O–H groups in total. The van der Waals surface area contributed by atoms with Gasteiger partial charge in [-0.1, -0.05) is 20.8 Å². The molecule has 0 saturated heterocycles. The van der Waals surface area contributed by atoms with E-state index in [1.807, 2.05) is 25.6 Å². The van der Waals surface area contributed by atoms with Crippen LogP contribution in [-0.4, -0.2) is 34.7 Å². The zero-order valence-corrected chi connectivity index (χ0v) is 16.5. The summed E-state index contributed by atoms with van der Waals surface area (Å²) in [5.41, 5.74) is 0. The summed E-state index contributed by atoms with van der Waals surface area (Å²) in [5.74, 6) is 2.97. The second-order valence-electron chi connectivity index (χ2n) is 5.72. The first-order valence-corrected chi connectivity index (χ1v) is 9.40. The van der Waals surface area contributed by atoms with E-state index in [0.29, 0.717) is 10.1 Å². The topological polar surface area (TPSA) is 38.3 Å². The second kappa shape index (κ2) is 13.4. The van der Waals surface area contributed by atoms with Gasteiger partial charge in [-0.15, -0.1) is 23.5 Å². The predicted octanol–water partition coefficient (Wildman–Crippen LogP) is 4.54. The smallest absolute Gasteiger partial charge is 0.331 e. The van der Waals surface area contributed by atoms with Crippen LogP contribution in [0.25, 0.3) is 0 Å². The van der Waals surface area contributed by atoms with Crippen molar-refractivity contribution in [2.45, 2.75) is 58.6 Å². The van der Waals surface area contributed by atoms with Crippen molar-refractivity contribution in [1.82, 2.24) is 5.32 Å². The van der Waals surface area contributed by atoms with Crippen molar-refractivity contribution in [3.05, 3.63) is 12.3 Å². The molecule has 0 radical (unpaired) electrons. The highest BCUT2D eigenvalue weighted by Crippen LogP contribution is 2.36. The standard InChI is InChI=1S/C9H20S2.C7H13NO2/c1-6-10-9(4,5)11-7-8(2)3;1-6(2)8-5-4-7(9)10-3/h8H,6-7H2,1-5H3;4-6,8H,1-3H3/b;5-4+. The average Bonchev–Trinajstić information content (AvgIpc) is 2.36. The summed E-state index contributed by atoms with van der Waals surface area (Å²) < 4.78 is 4.78. The van der Waals surface area contributed by atoms with Gasteiger partial charge >= 0.3 is 5.97 Å². The molecule has 0 aromatic carbocycles. The van der Waals surface area contributed by atoms with E-state index in [0.717, 1.165) is 5.92 Å². The third-order valence-corrected chi connectivity index (χ3v) is 5.33. The summed E-state index contributed by atoms with van der Waals surface area (Å²) in [6.45, 7) is 15.4. The van der Waals surface area contributed by atoms with E-state index in [2.05, 4.69) is 56.4 Å². The molecule has 0 aliphatic carbocycles. The molecule has 5 heteroatoms. The Morgan fingerprint density at radius 3 is 2.19 bits per heavy atom. The minimum atomic E-state index is -0.340. The molecule has 0 fully saturated rings. The molecule has 0 aliphatic heterocycles. The molecule has 0 aromatic rings. The molecule has 3 nitrogen and oxygen atoms in total. The van der Waals surface area contributed by atoms with Crippen LogP contribution in [0, 0.1) is 5.92 Å². The van der Waals surface area contributed by atoms with Crippen LogP contribution in [0.4, 0.5) is 0 Å². The lowest BCUT2D eigenvalue weighted by Crippen LogP contribution is -2.15. The molecular formula is C16H33NO2S2. The Balaban J connectivity index is 0. The third kappa shape index (κ3) is 19.7. The zero-order chi connectivity index (χ0) is 16.9. The minimum Gasteiger partial charge on any atom is -0.466 e. The molecule has 0 bridgehead atoms. The van der Waals surface area contributed by atoms with E-state index in [1.54, 1.807) is 6.20 Å². The summed E-state index contributed by atoms with van der Waals surface area (Å²) in [7, 11) is 1.35. The Bertz CT molecular complexity index is 290. The third-order valence-electron chi connectivity index (χ3n) is 2.11. The Hall–Kier alpha value is -0.290. The highest BCUT2D eigenvalue weighted by atomic mass is 32.2. The predicted molar refractivity (Wildman–Crippen MR) is 98.9 cm³/mol. The maximum atomic E-state index is 10.4. The maximum Gasteiger partial charge on any atom is 0.331 e. The number of ether oxygens (including phenoxy) is 1. The van der Waals surface area contributed by atoms with Gasteiger partial charge in [0.25, 0.3) is 0 Å². The number of rotatable bonds is 8. The van der Waals surface area contributed by atoms with E-state index < -0.39 is 0 Å². The molecule has 0 unspecified atom stereocenters. The quantitative estimate of drug-likeness (QED) is 0.400. The summed E-state index contributed by atoms with van der Waals surface area (Å²) in [6.07, 6.45) is 2.93. The molecule has 0 heterocycles. The lowest BCUT2D eigenvalue weighted by molar-refractivity contribution is -0.134. The van der Waals surface area contributed by atoms with Gasteiger partial charge in [-0.25, -0.2) is 4.79 Å². The van der Waals surface area contributed by atoms with Gasteiger partial charge in [-0.3, -0.25) is 0 Å². The molecule has 21 heavy (non-hydrogen) atoms. The number of nitrogens with one attached hydrogen (secondary N) is 1. The van der Waals surface area contributed by atoms with Crippen molar-refractivity contribution in [1.29, 1.82) is 0 Å². The molecular weight excluding hydrogens is 302 g/mol. The number of hydrogen-bond donors (Lipinski definition) is 1. The van der Waals surface area contributed by atoms with Crippen molar-refractivity contribution in [3.63, 3.8) is 0 Å². The largest absolute Gasteiger partial charge is 0.466 e. The van der Waals surface area contributed by atoms with Gasteiger partial charge in [0.2, 0.25) is 0 Å². The fourth-order valence-corrected chi connectivity index (χ4v) is 3.45. The fraction of sp³-hybridized carbons (Fsp3) is 0.812. The Labute approximate surface area is 140 Å². The SMILES string of the molecule is CCSC(C)(C)SCC(C)C.COC(=O)/C=C/NC(C)C. The van der Waals surface area contributed by atoms with Gasteiger partial charge < -0.3 is 10.1 Å². The molecule has 0 aliphatic rings. The fourth-order valence-electron chi connectivity index (χ4n) is 1.13. The van der Waals surface area contributed by atoms with Crippen molar-refractivity contribution in [3.8, 4) is 0 Å². The zero-order valence-electron chi connectivity index (χ0n) is 14.9. The van der Waals surface area contributed by atoms with Gasteiger partial charge in [0.15, 0.2) is 0 Å². The Morgan fingerprint density at radius 1 is 1.24 bits per heavy atom. The normalized spacial score (nSPS) is 11.5. The molecule has 0 spiro atoms. The van der Waals surface area contributed by atoms with Crippen LogP contribution in [0.15, 0.2) is 12.3 Å². The Morgan fingerprint density at radius 2 is 1.81 bits per heavy atom. The van der Waals surface area contributed by atoms with Crippen molar-refractivity contribution in [2.75, 3.05) is 18.6 Å². The number of methoxy groups -OCH3 is 1. The number of esters is 1. The van der Waals surface area contributed by atoms with Gasteiger partial charge in [0, 0.05) is 18.3 Å². The van der Waals surface area contributed by atoms with Crippen LogP contribution in [-0.2, 0) is 9.53 Å². The van der Waals surface area contributed by atoms with E-state index in [9.17, 15) is 4.79 Å². The second-order valence-corrected chi connectivity index (χ2v) is 9.50. The molecule has 0 aromatic heterocycles. The molecule has 0 saturated carbocycles. The van der Waals surface area contributed by atoms with Crippen LogP contribution in [0.2, 0.25) is 0 Å². The van der Waals surface area contributed by atoms with Crippen LogP contribution < -0.4 is 5.32 Å². The van der Waals surface area contributed by atoms with Crippen LogP contribution >= 0.6 is 23.5 Å². The van der Waals surface area contributed by atoms with Crippen molar-refractivity contribution < 1.29 is 9.53 Å². The van der Waals surface area contributed by atoms with Crippen molar-refractivity contribution in [2.24, 2.45) is 5.92 Å². The van der Waals surface area contributed by atoms with Gasteiger partial charge in [0.1, 0.15) is 0 Å². The van der Waals surface area contributed by atoms with Crippen LogP contribution in [0.5, 0.6) is 0 Å². The average molecular weight is 336 g/mol. The number of carbonyl (C=O) groups is 1. The number of thioether (sulfide) groups is 2. The minimum absolute atomic E-state index is 0.340. The molecule has 0 rings (SSSR count). The first kappa shape index (κ1) is 23.0. The summed E-state index contributed by atoms with van der Waals surface area (Å²) in [4.78, 5) is 10.4. The lowest BCUT2D eigenvalue weighted by atomic mass is 10.3. The molecule has 0 atom stereocenters.